The van der Waals surface area contributed by atoms with Crippen LogP contribution >= 0.6 is 0 Å². The van der Waals surface area contributed by atoms with E-state index in [4.69, 9.17) is 4.74 Å². The molecule has 1 atom stereocenters. The van der Waals surface area contributed by atoms with Gasteiger partial charge in [-0.25, -0.2) is 0 Å². The van der Waals surface area contributed by atoms with Crippen molar-refractivity contribution in [3.8, 4) is 5.75 Å². The second kappa shape index (κ2) is 6.75. The van der Waals surface area contributed by atoms with Crippen LogP contribution in [0, 0.1) is 0 Å². The molecule has 2 aromatic carbocycles. The largest absolute Gasteiger partial charge is 0.489 e. The molecule has 0 amide bonds. The minimum atomic E-state index is -0.816. The summed E-state index contributed by atoms with van der Waals surface area (Å²) < 4.78 is 5.79. The SMILES string of the molecule is CCC(C(=O)O)c1ccccc1OCc1ccccc1. The van der Waals surface area contributed by atoms with Crippen LogP contribution in [-0.2, 0) is 11.4 Å². The Morgan fingerprint density at radius 1 is 1.10 bits per heavy atom. The van der Waals surface area contributed by atoms with E-state index >= 15 is 0 Å². The van der Waals surface area contributed by atoms with Gasteiger partial charge in [0, 0.05) is 5.56 Å². The van der Waals surface area contributed by atoms with Crippen molar-refractivity contribution in [1.29, 1.82) is 0 Å². The number of carboxylic acids is 1. The van der Waals surface area contributed by atoms with Crippen molar-refractivity contribution in [1.82, 2.24) is 0 Å². The quantitative estimate of drug-likeness (QED) is 0.867. The number of hydrogen-bond acceptors (Lipinski definition) is 2. The molecule has 0 heterocycles. The summed E-state index contributed by atoms with van der Waals surface area (Å²) in [6.45, 7) is 2.31. The lowest BCUT2D eigenvalue weighted by atomic mass is 9.96. The van der Waals surface area contributed by atoms with Gasteiger partial charge in [0.25, 0.3) is 0 Å². The lowest BCUT2D eigenvalue weighted by Gasteiger charge is -2.16. The summed E-state index contributed by atoms with van der Waals surface area (Å²) in [6, 6.07) is 17.2. The molecule has 0 aliphatic rings. The zero-order valence-corrected chi connectivity index (χ0v) is 11.5. The van der Waals surface area contributed by atoms with Crippen LogP contribution < -0.4 is 4.74 Å². The number of hydrogen-bond donors (Lipinski definition) is 1. The van der Waals surface area contributed by atoms with E-state index in [1.807, 2.05) is 61.5 Å². The molecule has 1 N–H and O–H groups in total. The Balaban J connectivity index is 2.17. The summed E-state index contributed by atoms with van der Waals surface area (Å²) in [4.78, 5) is 11.3. The van der Waals surface area contributed by atoms with E-state index in [1.54, 1.807) is 0 Å². The molecule has 3 heteroatoms. The summed E-state index contributed by atoms with van der Waals surface area (Å²) >= 11 is 0. The molecule has 0 saturated heterocycles. The molecule has 0 radical (unpaired) electrons. The first kappa shape index (κ1) is 14.1. The van der Waals surface area contributed by atoms with Crippen LogP contribution in [0.4, 0.5) is 0 Å². The zero-order valence-electron chi connectivity index (χ0n) is 11.5. The highest BCUT2D eigenvalue weighted by molar-refractivity contribution is 5.77. The van der Waals surface area contributed by atoms with Crippen molar-refractivity contribution in [2.24, 2.45) is 0 Å². The molecule has 20 heavy (non-hydrogen) atoms. The maximum atomic E-state index is 11.3. The minimum Gasteiger partial charge on any atom is -0.489 e. The van der Waals surface area contributed by atoms with E-state index in [2.05, 4.69) is 0 Å². The first-order valence-electron chi connectivity index (χ1n) is 6.70. The summed E-state index contributed by atoms with van der Waals surface area (Å²) in [7, 11) is 0. The molecule has 2 aromatic rings. The third-order valence-electron chi connectivity index (χ3n) is 3.24. The normalized spacial score (nSPS) is 11.8. The van der Waals surface area contributed by atoms with E-state index < -0.39 is 11.9 Å². The van der Waals surface area contributed by atoms with Crippen molar-refractivity contribution < 1.29 is 14.6 Å². The highest BCUT2D eigenvalue weighted by atomic mass is 16.5. The van der Waals surface area contributed by atoms with E-state index in [-0.39, 0.29) is 0 Å². The van der Waals surface area contributed by atoms with Gasteiger partial charge >= 0.3 is 5.97 Å². The van der Waals surface area contributed by atoms with Crippen LogP contribution in [0.5, 0.6) is 5.75 Å². The number of rotatable bonds is 6. The fourth-order valence-electron chi connectivity index (χ4n) is 2.16. The monoisotopic (exact) mass is 270 g/mol. The Kier molecular flexibility index (Phi) is 4.77. The molecule has 2 rings (SSSR count). The van der Waals surface area contributed by atoms with Crippen molar-refractivity contribution in [2.45, 2.75) is 25.9 Å². The topological polar surface area (TPSA) is 46.5 Å². The Morgan fingerprint density at radius 2 is 1.75 bits per heavy atom. The van der Waals surface area contributed by atoms with Gasteiger partial charge in [-0.1, -0.05) is 55.5 Å². The molecule has 0 saturated carbocycles. The Bertz CT molecular complexity index is 563. The summed E-state index contributed by atoms with van der Waals surface area (Å²) in [5, 5.41) is 9.28. The highest BCUT2D eigenvalue weighted by Gasteiger charge is 2.21. The van der Waals surface area contributed by atoms with Gasteiger partial charge in [0.2, 0.25) is 0 Å². The first-order valence-corrected chi connectivity index (χ1v) is 6.70. The fourth-order valence-corrected chi connectivity index (χ4v) is 2.16. The van der Waals surface area contributed by atoms with Crippen molar-refractivity contribution in [3.05, 3.63) is 65.7 Å². The van der Waals surface area contributed by atoms with Crippen LogP contribution in [0.2, 0.25) is 0 Å². The van der Waals surface area contributed by atoms with Crippen LogP contribution in [0.25, 0.3) is 0 Å². The average molecular weight is 270 g/mol. The molecule has 0 aromatic heterocycles. The smallest absolute Gasteiger partial charge is 0.311 e. The van der Waals surface area contributed by atoms with Crippen LogP contribution in [0.15, 0.2) is 54.6 Å². The number of aliphatic carboxylic acids is 1. The molecule has 0 aliphatic carbocycles. The molecule has 3 nitrogen and oxygen atoms in total. The summed E-state index contributed by atoms with van der Waals surface area (Å²) in [6.07, 6.45) is 0.543. The molecule has 104 valence electrons. The fraction of sp³-hybridized carbons (Fsp3) is 0.235. The molecule has 0 aliphatic heterocycles. The second-order valence-electron chi connectivity index (χ2n) is 4.61. The summed E-state index contributed by atoms with van der Waals surface area (Å²) in [5.41, 5.74) is 1.80. The maximum Gasteiger partial charge on any atom is 0.311 e. The van der Waals surface area contributed by atoms with Crippen LogP contribution in [0.1, 0.15) is 30.4 Å². The van der Waals surface area contributed by atoms with E-state index in [1.165, 1.54) is 0 Å². The Hall–Kier alpha value is -2.29. The van der Waals surface area contributed by atoms with Gasteiger partial charge in [-0.15, -0.1) is 0 Å². The predicted octanol–water partition coefficient (Wildman–Crippen LogP) is 3.84. The molecule has 1 unspecified atom stereocenters. The van der Waals surface area contributed by atoms with Gasteiger partial charge in [0.1, 0.15) is 12.4 Å². The minimum absolute atomic E-state index is 0.438. The van der Waals surface area contributed by atoms with Crippen molar-refractivity contribution >= 4 is 5.97 Å². The molecular weight excluding hydrogens is 252 g/mol. The number of carbonyl (C=O) groups is 1. The van der Waals surface area contributed by atoms with Crippen molar-refractivity contribution in [2.75, 3.05) is 0 Å². The zero-order chi connectivity index (χ0) is 14.4. The number of benzene rings is 2. The molecule has 0 fully saturated rings. The number of para-hydroxylation sites is 1. The molecule has 0 spiro atoms. The van der Waals surface area contributed by atoms with E-state index in [9.17, 15) is 9.90 Å². The van der Waals surface area contributed by atoms with Gasteiger partial charge in [0.05, 0.1) is 5.92 Å². The third kappa shape index (κ3) is 3.38. The molecular formula is C17H18O3. The van der Waals surface area contributed by atoms with Crippen LogP contribution in [-0.4, -0.2) is 11.1 Å². The third-order valence-corrected chi connectivity index (χ3v) is 3.24. The van der Waals surface area contributed by atoms with Crippen molar-refractivity contribution in [3.63, 3.8) is 0 Å². The Labute approximate surface area is 118 Å². The summed E-state index contributed by atoms with van der Waals surface area (Å²) in [5.74, 6) is -0.698. The van der Waals surface area contributed by atoms with Gasteiger partial charge in [-0.05, 0) is 18.1 Å². The average Bonchev–Trinajstić information content (AvgIpc) is 2.48. The Morgan fingerprint density at radius 3 is 2.40 bits per heavy atom. The lowest BCUT2D eigenvalue weighted by molar-refractivity contribution is -0.138. The predicted molar refractivity (Wildman–Crippen MR) is 77.9 cm³/mol. The standard InChI is InChI=1S/C17H18O3/c1-2-14(17(18)19)15-10-6-7-11-16(15)20-12-13-8-4-3-5-9-13/h3-11,14H,2,12H2,1H3,(H,18,19). The number of carboxylic acid groups (broad SMARTS) is 1. The second-order valence-corrected chi connectivity index (χ2v) is 4.61. The van der Waals surface area contributed by atoms with Gasteiger partial charge in [-0.2, -0.15) is 0 Å². The van der Waals surface area contributed by atoms with Gasteiger partial charge in [0.15, 0.2) is 0 Å². The first-order chi connectivity index (χ1) is 9.72. The lowest BCUT2D eigenvalue weighted by Crippen LogP contribution is -2.12. The number of ether oxygens (including phenoxy) is 1. The molecule has 0 bridgehead atoms. The van der Waals surface area contributed by atoms with E-state index in [0.29, 0.717) is 18.8 Å². The van der Waals surface area contributed by atoms with Gasteiger partial charge < -0.3 is 9.84 Å². The van der Waals surface area contributed by atoms with Crippen LogP contribution in [0.3, 0.4) is 0 Å². The highest BCUT2D eigenvalue weighted by Crippen LogP contribution is 2.29. The van der Waals surface area contributed by atoms with Gasteiger partial charge in [-0.3, -0.25) is 4.79 Å². The van der Waals surface area contributed by atoms with E-state index in [0.717, 1.165) is 11.1 Å². The maximum absolute atomic E-state index is 11.3.